The zero-order valence-electron chi connectivity index (χ0n) is 47.0. The molecule has 0 aliphatic rings. The fourth-order valence-corrected chi connectivity index (χ4v) is 11.8. The molecule has 0 aromatic heterocycles. The van der Waals surface area contributed by atoms with E-state index in [2.05, 4.69) is 0 Å². The minimum Gasteiger partial charge on any atom is -0.166 e. The molecule has 0 fully saturated rings. The topological polar surface area (TPSA) is 0 Å². The highest BCUT2D eigenvalue weighted by Crippen LogP contribution is 2.49. The van der Waals surface area contributed by atoms with E-state index < -0.39 is 291 Å². The average molecular weight is 1430 g/mol. The smallest absolute Gasteiger partial charge is 0.166 e. The van der Waals surface area contributed by atoms with Gasteiger partial charge in [-0.15, -0.1) is 0 Å². The number of hydrogen-bond acceptors (Lipinski definition) is 0. The van der Waals surface area contributed by atoms with Crippen molar-refractivity contribution in [3.8, 4) is 0 Å². The van der Waals surface area contributed by atoms with Crippen molar-refractivity contribution in [3.05, 3.63) is 163 Å². The molecule has 518 valence electrons. The predicted octanol–water partition coefficient (Wildman–Crippen LogP) is 20.1. The van der Waals surface area contributed by atoms with Gasteiger partial charge in [0.05, 0.1) is 66.8 Å². The Balaban J connectivity index is 1.82. The van der Waals surface area contributed by atoms with Crippen LogP contribution in [0.2, 0.25) is 0 Å². The Hall–Kier alpha value is -7.59. The van der Waals surface area contributed by atoms with Crippen molar-refractivity contribution in [3.63, 3.8) is 0 Å². The summed E-state index contributed by atoms with van der Waals surface area (Å²) in [5, 5.41) is -7.06. The number of rotatable bonds is 8. The summed E-state index contributed by atoms with van der Waals surface area (Å²) in [4.78, 5) is 0. The molecule has 0 aliphatic carbocycles. The summed E-state index contributed by atoms with van der Waals surface area (Å²) >= 11 is 0. The van der Waals surface area contributed by atoms with Crippen LogP contribution >= 0.6 is 0 Å². The van der Waals surface area contributed by atoms with Gasteiger partial charge in [-0.3, -0.25) is 0 Å². The second-order valence-corrected chi connectivity index (χ2v) is 22.3. The summed E-state index contributed by atoms with van der Waals surface area (Å²) in [6, 6.07) is -8.37. The van der Waals surface area contributed by atoms with Crippen LogP contribution in [0.4, 0.5) is 158 Å². The van der Waals surface area contributed by atoms with Crippen molar-refractivity contribution in [1.82, 2.24) is 0 Å². The van der Waals surface area contributed by atoms with Crippen LogP contribution < -0.4 is 32.8 Å². The number of halogens is 36. The molecule has 0 unspecified atom stereocenters. The molecule has 0 saturated heterocycles. The van der Waals surface area contributed by atoms with Gasteiger partial charge in [0.2, 0.25) is 13.4 Å². The third-order valence-corrected chi connectivity index (χ3v) is 15.5. The van der Waals surface area contributed by atoms with Gasteiger partial charge in [0.1, 0.15) is 0 Å². The highest BCUT2D eigenvalue weighted by molar-refractivity contribution is 6.99. The lowest BCUT2D eigenvalue weighted by Gasteiger charge is -2.33. The lowest BCUT2D eigenvalue weighted by molar-refractivity contribution is -0.150. The molecular weight excluding hydrogens is 1400 g/mol. The van der Waals surface area contributed by atoms with Gasteiger partial charge < -0.3 is 0 Å². The number of benzene rings is 8. The maximum absolute atomic E-state index is 15.7. The summed E-state index contributed by atoms with van der Waals surface area (Å²) in [5.41, 5.74) is -57.8. The van der Waals surface area contributed by atoms with Gasteiger partial charge in [-0.05, 0) is 126 Å². The fraction of sp³-hybridized carbons (Fsp3) is 0.310. The minimum absolute atomic E-state index is 0.00838. The molecule has 0 N–H and O–H groups in total. The fourth-order valence-electron chi connectivity index (χ4n) is 11.8. The van der Waals surface area contributed by atoms with E-state index in [-0.39, 0.29) is 24.3 Å². The summed E-state index contributed by atoms with van der Waals surface area (Å²) in [6.07, 6.45) is -80.7. The molecule has 0 amide bonds. The molecule has 0 nitrogen and oxygen atoms in total. The third-order valence-electron chi connectivity index (χ3n) is 15.5. The van der Waals surface area contributed by atoms with Crippen LogP contribution in [0.1, 0.15) is 117 Å². The highest BCUT2D eigenvalue weighted by Gasteiger charge is 2.56. The van der Waals surface area contributed by atoms with Crippen molar-refractivity contribution < 1.29 is 158 Å². The van der Waals surface area contributed by atoms with E-state index in [1.807, 2.05) is 0 Å². The Labute approximate surface area is 512 Å². The molecule has 0 saturated carbocycles. The molecule has 0 radical (unpaired) electrons. The lowest BCUT2D eigenvalue weighted by Crippen LogP contribution is -2.60. The van der Waals surface area contributed by atoms with Gasteiger partial charge in [0.15, 0.2) is 0 Å². The van der Waals surface area contributed by atoms with E-state index in [1.54, 1.807) is 0 Å². The first-order valence-corrected chi connectivity index (χ1v) is 26.3. The largest absolute Gasteiger partial charge is 0.416 e. The molecule has 0 aliphatic heterocycles. The lowest BCUT2D eigenvalue weighted by atomic mass is 9.32. The van der Waals surface area contributed by atoms with E-state index in [0.29, 0.717) is 0 Å². The summed E-state index contributed by atoms with van der Waals surface area (Å²) in [6.45, 7) is -5.20. The summed E-state index contributed by atoms with van der Waals surface area (Å²) in [5.74, 6) is -3.27. The predicted molar refractivity (Wildman–Crippen MR) is 273 cm³/mol. The van der Waals surface area contributed by atoms with Gasteiger partial charge >= 0.3 is 74.1 Å². The first kappa shape index (κ1) is 74.2. The highest BCUT2D eigenvalue weighted by atomic mass is 19.5. The molecule has 0 spiro atoms. The molecule has 0 bridgehead atoms. The minimum atomic E-state index is -6.88. The van der Waals surface area contributed by atoms with Crippen LogP contribution in [0.3, 0.4) is 0 Å². The molecule has 8 aromatic carbocycles. The van der Waals surface area contributed by atoms with Crippen LogP contribution in [0, 0.1) is 0 Å². The zero-order valence-corrected chi connectivity index (χ0v) is 47.0. The SMILES string of the molecule is CC(C)c1cc(B(c2c(C(F)(F)F)cc(C(F)(F)F)cc2C(F)(F)F)c2c(C(F)(F)F)cc(C(F)(F)F)cc2C(F)(F)F)c2ccc3c(B(c4c(C(F)(F)F)cc(C(F)(F)F)cc4C(F)(F)F)c4c(C(F)(F)F)cc(C(F)(F)F)cc4C(F)(F)F)cc(C(C)C)c4ccc1c2c34. The Morgan fingerprint density at radius 2 is 0.375 bits per heavy atom. The first-order chi connectivity index (χ1) is 42.9. The average Bonchev–Trinajstić information content (AvgIpc) is 0.693. The van der Waals surface area contributed by atoms with E-state index in [0.717, 1.165) is 39.8 Å². The molecule has 38 heteroatoms. The Morgan fingerprint density at radius 3 is 0.510 bits per heavy atom. The summed E-state index contributed by atoms with van der Waals surface area (Å²) in [7, 11) is 0. The Morgan fingerprint density at radius 1 is 0.219 bits per heavy atom. The first-order valence-electron chi connectivity index (χ1n) is 26.3. The second-order valence-electron chi connectivity index (χ2n) is 22.3. The second kappa shape index (κ2) is 23.0. The number of alkyl halides is 36. The molecule has 0 atom stereocenters. The van der Waals surface area contributed by atoms with Crippen molar-refractivity contribution in [2.24, 2.45) is 0 Å². The maximum atomic E-state index is 15.7. The van der Waals surface area contributed by atoms with Gasteiger partial charge in [-0.25, -0.2) is 0 Å². The quantitative estimate of drug-likeness (QED) is 0.0808. The van der Waals surface area contributed by atoms with Crippen LogP contribution in [-0.2, 0) is 74.1 Å². The zero-order chi connectivity index (χ0) is 73.2. The third kappa shape index (κ3) is 13.7. The van der Waals surface area contributed by atoms with Gasteiger partial charge in [0, 0.05) is 0 Å². The van der Waals surface area contributed by atoms with Crippen molar-refractivity contribution >= 4 is 78.5 Å². The van der Waals surface area contributed by atoms with Gasteiger partial charge in [0.25, 0.3) is 0 Å². The Kier molecular flexibility index (Phi) is 17.8. The van der Waals surface area contributed by atoms with Crippen molar-refractivity contribution in [1.29, 1.82) is 0 Å². The molecular formula is C58H28B2F36. The van der Waals surface area contributed by atoms with E-state index >= 15 is 105 Å². The maximum Gasteiger partial charge on any atom is 0.416 e. The molecule has 8 rings (SSSR count). The van der Waals surface area contributed by atoms with Crippen molar-refractivity contribution in [2.75, 3.05) is 0 Å². The van der Waals surface area contributed by atoms with Gasteiger partial charge in [-0.1, -0.05) is 75.0 Å². The standard InChI is InChI=1S/C58H28B2F36/c1-19(2)29-17-39(59(43-31(51(73,74)75)9-21(47(61,62)63)10-32(43)52(76,77)78)44-33(53(79,80)81)11-22(48(64,65)66)12-34(44)54(82,83)84)27-7-8-28-40(18-30(20(3)4)26-6-5-25(29)41(27)42(26)28)60(45-35(55(85,86)87)13-23(49(67,68)69)14-36(45)56(88,89)90)46-37(57(91,92)93)15-24(50(70,71)72)16-38(46)58(94,95)96/h5-20H,1-4H3. The van der Waals surface area contributed by atoms with Crippen LogP contribution in [0.15, 0.2) is 84.9 Å². The molecule has 8 aromatic rings. The Bertz CT molecular complexity index is 3730. The van der Waals surface area contributed by atoms with Crippen molar-refractivity contribution in [2.45, 2.75) is 114 Å². The van der Waals surface area contributed by atoms with E-state index in [9.17, 15) is 52.7 Å². The summed E-state index contributed by atoms with van der Waals surface area (Å²) < 4.78 is 550. The molecule has 96 heavy (non-hydrogen) atoms. The van der Waals surface area contributed by atoms with Gasteiger partial charge in [-0.2, -0.15) is 158 Å². The van der Waals surface area contributed by atoms with E-state index in [4.69, 9.17) is 0 Å². The molecule has 0 heterocycles. The normalized spacial score (nSPS) is 14.2. The van der Waals surface area contributed by atoms with Crippen LogP contribution in [-0.4, -0.2) is 13.4 Å². The van der Waals surface area contributed by atoms with E-state index in [1.165, 1.54) is 0 Å². The van der Waals surface area contributed by atoms with Crippen LogP contribution in [0.25, 0.3) is 32.3 Å². The monoisotopic (exact) mass is 1430 g/mol. The number of hydrogen-bond donors (Lipinski definition) is 0. The van der Waals surface area contributed by atoms with Crippen LogP contribution in [0.5, 0.6) is 0 Å².